The summed E-state index contributed by atoms with van der Waals surface area (Å²) in [6.07, 6.45) is 6.11. The third-order valence-electron chi connectivity index (χ3n) is 4.27. The number of rotatable bonds is 5. The van der Waals surface area contributed by atoms with E-state index in [1.54, 1.807) is 24.5 Å². The fraction of sp³-hybridized carbons (Fsp3) is 0.278. The smallest absolute Gasteiger partial charge is 0.155 e. The fourth-order valence-electron chi connectivity index (χ4n) is 2.90. The van der Waals surface area contributed by atoms with Crippen LogP contribution >= 0.6 is 0 Å². The second-order valence-corrected chi connectivity index (χ2v) is 5.88. The van der Waals surface area contributed by atoms with E-state index in [9.17, 15) is 4.39 Å². The van der Waals surface area contributed by atoms with E-state index >= 15 is 0 Å². The quantitative estimate of drug-likeness (QED) is 0.813. The van der Waals surface area contributed by atoms with Crippen LogP contribution in [0.3, 0.4) is 0 Å². The normalized spacial score (nSPS) is 16.0. The molecule has 3 N–H and O–H groups in total. The molecular formula is C18H21FN6. The minimum atomic E-state index is -0.266. The first-order chi connectivity index (χ1) is 12.2. The molecule has 0 unspecified atom stereocenters. The molecule has 1 aromatic heterocycles. The molecule has 0 radical (unpaired) electrons. The number of hydrogen-bond acceptors (Lipinski definition) is 6. The van der Waals surface area contributed by atoms with Gasteiger partial charge in [0.25, 0.3) is 0 Å². The molecule has 7 heteroatoms. The molecule has 1 fully saturated rings. The van der Waals surface area contributed by atoms with Crippen LogP contribution in [-0.4, -0.2) is 53.8 Å². The Kier molecular flexibility index (Phi) is 5.35. The second kappa shape index (κ2) is 7.85. The van der Waals surface area contributed by atoms with Gasteiger partial charge in [-0.2, -0.15) is 0 Å². The zero-order valence-corrected chi connectivity index (χ0v) is 13.9. The molecule has 25 heavy (non-hydrogen) atoms. The number of piperazine rings is 1. The first-order valence-corrected chi connectivity index (χ1v) is 8.16. The lowest BCUT2D eigenvalue weighted by Crippen LogP contribution is -2.47. The Morgan fingerprint density at radius 1 is 1.12 bits per heavy atom. The molecule has 2 heterocycles. The van der Waals surface area contributed by atoms with Crippen LogP contribution in [0.4, 0.5) is 10.2 Å². The molecule has 0 spiro atoms. The van der Waals surface area contributed by atoms with Crippen LogP contribution < -0.4 is 10.6 Å². The van der Waals surface area contributed by atoms with Gasteiger partial charge in [-0.15, -0.1) is 0 Å². The number of halogens is 1. The summed E-state index contributed by atoms with van der Waals surface area (Å²) in [5.74, 6) is 0.549. The Hall–Kier alpha value is -2.80. The van der Waals surface area contributed by atoms with Gasteiger partial charge in [-0.05, 0) is 36.0 Å². The Labute approximate surface area is 146 Å². The summed E-state index contributed by atoms with van der Waals surface area (Å²) in [5, 5.41) is 7.34. The lowest BCUT2D eigenvalue weighted by atomic mass is 10.1. The maximum Gasteiger partial charge on any atom is 0.155 e. The molecule has 2 aromatic rings. The average Bonchev–Trinajstić information content (AvgIpc) is 2.67. The van der Waals surface area contributed by atoms with Crippen molar-refractivity contribution in [1.29, 1.82) is 5.41 Å². The third-order valence-corrected chi connectivity index (χ3v) is 4.27. The van der Waals surface area contributed by atoms with Crippen molar-refractivity contribution in [3.05, 3.63) is 54.2 Å². The highest BCUT2D eigenvalue weighted by atomic mass is 19.1. The van der Waals surface area contributed by atoms with Crippen molar-refractivity contribution in [1.82, 2.24) is 14.9 Å². The maximum atomic E-state index is 13.2. The van der Waals surface area contributed by atoms with Crippen LogP contribution in [0.15, 0.2) is 48.4 Å². The van der Waals surface area contributed by atoms with Crippen molar-refractivity contribution in [2.45, 2.75) is 0 Å². The van der Waals surface area contributed by atoms with Gasteiger partial charge in [0.15, 0.2) is 5.82 Å². The van der Waals surface area contributed by atoms with Crippen molar-refractivity contribution in [2.24, 2.45) is 5.73 Å². The van der Waals surface area contributed by atoms with Crippen LogP contribution in [0.2, 0.25) is 0 Å². The highest BCUT2D eigenvalue weighted by Gasteiger charge is 2.21. The predicted molar refractivity (Wildman–Crippen MR) is 97.1 cm³/mol. The first kappa shape index (κ1) is 17.0. The number of aromatic nitrogens is 2. The van der Waals surface area contributed by atoms with Crippen LogP contribution in [0.25, 0.3) is 11.3 Å². The minimum Gasteiger partial charge on any atom is -0.404 e. The Morgan fingerprint density at radius 3 is 2.44 bits per heavy atom. The van der Waals surface area contributed by atoms with E-state index in [4.69, 9.17) is 11.1 Å². The summed E-state index contributed by atoms with van der Waals surface area (Å²) in [5.41, 5.74) is 7.94. The van der Waals surface area contributed by atoms with Gasteiger partial charge in [-0.25, -0.2) is 9.37 Å². The Balaban J connectivity index is 1.74. The lowest BCUT2D eigenvalue weighted by Gasteiger charge is -2.36. The zero-order valence-electron chi connectivity index (χ0n) is 13.9. The SMILES string of the molecule is N=C/C(=C\N)CN1CCN(c2nccnc2-c2ccc(F)cc2)CC1. The molecule has 1 aliphatic rings. The third kappa shape index (κ3) is 4.00. The molecule has 0 aliphatic carbocycles. The van der Waals surface area contributed by atoms with Crippen LogP contribution in [0.5, 0.6) is 0 Å². The summed E-state index contributed by atoms with van der Waals surface area (Å²) in [7, 11) is 0. The van der Waals surface area contributed by atoms with Crippen LogP contribution in [0, 0.1) is 11.2 Å². The topological polar surface area (TPSA) is 82.1 Å². The van der Waals surface area contributed by atoms with E-state index in [1.165, 1.54) is 24.5 Å². The van der Waals surface area contributed by atoms with Gasteiger partial charge in [0.1, 0.15) is 11.5 Å². The largest absolute Gasteiger partial charge is 0.404 e. The average molecular weight is 340 g/mol. The number of hydrogen-bond donors (Lipinski definition) is 2. The van der Waals surface area contributed by atoms with E-state index in [-0.39, 0.29) is 5.82 Å². The van der Waals surface area contributed by atoms with Gasteiger partial charge in [-0.3, -0.25) is 9.88 Å². The van der Waals surface area contributed by atoms with Gasteiger partial charge >= 0.3 is 0 Å². The number of nitrogens with one attached hydrogen (secondary N) is 1. The van der Waals surface area contributed by atoms with E-state index in [0.717, 1.165) is 48.8 Å². The molecule has 1 aliphatic heterocycles. The van der Waals surface area contributed by atoms with E-state index < -0.39 is 0 Å². The molecule has 3 rings (SSSR count). The highest BCUT2D eigenvalue weighted by molar-refractivity contribution is 5.76. The molecule has 6 nitrogen and oxygen atoms in total. The van der Waals surface area contributed by atoms with Crippen molar-refractivity contribution >= 4 is 12.0 Å². The second-order valence-electron chi connectivity index (χ2n) is 5.88. The summed E-state index contributed by atoms with van der Waals surface area (Å²) in [6, 6.07) is 6.32. The van der Waals surface area contributed by atoms with Crippen molar-refractivity contribution in [2.75, 3.05) is 37.6 Å². The van der Waals surface area contributed by atoms with Gasteiger partial charge in [0.2, 0.25) is 0 Å². The zero-order chi connectivity index (χ0) is 17.6. The van der Waals surface area contributed by atoms with Gasteiger partial charge < -0.3 is 16.0 Å². The van der Waals surface area contributed by atoms with E-state index in [1.807, 2.05) is 0 Å². The number of anilines is 1. The molecule has 0 bridgehead atoms. The van der Waals surface area contributed by atoms with Gasteiger partial charge in [0.05, 0.1) is 0 Å². The summed E-state index contributed by atoms with van der Waals surface area (Å²) in [6.45, 7) is 4.00. The van der Waals surface area contributed by atoms with Crippen LogP contribution in [-0.2, 0) is 0 Å². The Bertz CT molecular complexity index is 750. The summed E-state index contributed by atoms with van der Waals surface area (Å²) >= 11 is 0. The first-order valence-electron chi connectivity index (χ1n) is 8.16. The number of nitrogens with zero attached hydrogens (tertiary/aromatic N) is 4. The van der Waals surface area contributed by atoms with Crippen LogP contribution in [0.1, 0.15) is 0 Å². The Morgan fingerprint density at radius 2 is 1.80 bits per heavy atom. The van der Waals surface area contributed by atoms with E-state index in [0.29, 0.717) is 6.54 Å². The molecule has 0 amide bonds. The monoisotopic (exact) mass is 340 g/mol. The molecule has 0 atom stereocenters. The molecule has 0 saturated carbocycles. The lowest BCUT2D eigenvalue weighted by molar-refractivity contribution is 0.280. The summed E-state index contributed by atoms with van der Waals surface area (Å²) < 4.78 is 13.2. The maximum absolute atomic E-state index is 13.2. The molecule has 1 saturated heterocycles. The van der Waals surface area contributed by atoms with Gasteiger partial charge in [0, 0.05) is 56.9 Å². The van der Waals surface area contributed by atoms with E-state index in [2.05, 4.69) is 19.8 Å². The van der Waals surface area contributed by atoms with Crippen molar-refractivity contribution in [3.8, 4) is 11.3 Å². The summed E-state index contributed by atoms with van der Waals surface area (Å²) in [4.78, 5) is 13.4. The van der Waals surface area contributed by atoms with Crippen molar-refractivity contribution in [3.63, 3.8) is 0 Å². The number of benzene rings is 1. The highest BCUT2D eigenvalue weighted by Crippen LogP contribution is 2.27. The van der Waals surface area contributed by atoms with Crippen molar-refractivity contribution < 1.29 is 4.39 Å². The minimum absolute atomic E-state index is 0.266. The molecular weight excluding hydrogens is 319 g/mol. The van der Waals surface area contributed by atoms with Gasteiger partial charge in [-0.1, -0.05) is 0 Å². The standard InChI is InChI=1S/C18H21FN6/c19-16-3-1-15(2-4-16)17-18(23-6-5-22-17)25-9-7-24(8-10-25)13-14(11-20)12-21/h1-6,11-12,20H,7-10,13,21H2/b14-12+,20-11?. The molecule has 1 aromatic carbocycles. The predicted octanol–water partition coefficient (Wildman–Crippen LogP) is 1.90. The fourth-order valence-corrected chi connectivity index (χ4v) is 2.90. The molecule has 130 valence electrons. The number of nitrogens with two attached hydrogens (primary N) is 1.